The maximum Gasteiger partial charge on any atom is 0.261 e. The van der Waals surface area contributed by atoms with Crippen LogP contribution in [0.1, 0.15) is 17.0 Å². The fourth-order valence-corrected chi connectivity index (χ4v) is 3.38. The van der Waals surface area contributed by atoms with Crippen LogP contribution in [0, 0.1) is 12.7 Å². The van der Waals surface area contributed by atoms with Crippen LogP contribution >= 0.6 is 0 Å². The number of halogens is 1. The minimum Gasteiger partial charge on any atom is -0.312 e. The Morgan fingerprint density at radius 3 is 2.88 bits per heavy atom. The Bertz CT molecular complexity index is 1020. The van der Waals surface area contributed by atoms with Crippen molar-refractivity contribution < 1.29 is 4.39 Å². The number of fused-ring (bicyclic) bond motifs is 2. The summed E-state index contributed by atoms with van der Waals surface area (Å²) in [4.78, 5) is 17.0. The third-order valence-corrected chi connectivity index (χ3v) is 4.84. The number of benzene rings is 2. The molecule has 1 N–H and O–H groups in total. The molecule has 4 rings (SSSR count). The summed E-state index contributed by atoms with van der Waals surface area (Å²) in [5.74, 6) is 0.535. The van der Waals surface area contributed by atoms with Gasteiger partial charge in [0, 0.05) is 13.6 Å². The molecular weight excluding hydrogens is 305 g/mol. The van der Waals surface area contributed by atoms with Gasteiger partial charge in [-0.15, -0.1) is 0 Å². The second kappa shape index (κ2) is 5.53. The summed E-state index contributed by atoms with van der Waals surface area (Å²) in [6.45, 7) is 3.25. The van der Waals surface area contributed by atoms with E-state index in [0.29, 0.717) is 29.7 Å². The van der Waals surface area contributed by atoms with Crippen molar-refractivity contribution in [3.8, 4) is 11.1 Å². The van der Waals surface area contributed by atoms with Crippen LogP contribution in [0.4, 0.5) is 4.39 Å². The van der Waals surface area contributed by atoms with Crippen molar-refractivity contribution in [2.45, 2.75) is 19.9 Å². The lowest BCUT2D eigenvalue weighted by Crippen LogP contribution is -2.25. The van der Waals surface area contributed by atoms with E-state index in [0.717, 1.165) is 28.8 Å². The molecule has 0 spiro atoms. The van der Waals surface area contributed by atoms with E-state index in [9.17, 15) is 9.18 Å². The quantitative estimate of drug-likeness (QED) is 0.749. The van der Waals surface area contributed by atoms with Crippen LogP contribution in [0.5, 0.6) is 0 Å². The molecule has 1 aliphatic rings. The number of aromatic nitrogens is 2. The van der Waals surface area contributed by atoms with Gasteiger partial charge in [-0.25, -0.2) is 9.37 Å². The minimum absolute atomic E-state index is 0.0616. The Morgan fingerprint density at radius 1 is 1.21 bits per heavy atom. The first-order valence-corrected chi connectivity index (χ1v) is 8.05. The number of aryl methyl sites for hydroxylation is 1. The van der Waals surface area contributed by atoms with Crippen molar-refractivity contribution in [3.63, 3.8) is 0 Å². The second-order valence-corrected chi connectivity index (χ2v) is 6.23. The molecule has 122 valence electrons. The topological polar surface area (TPSA) is 46.9 Å². The van der Waals surface area contributed by atoms with Crippen LogP contribution in [0.25, 0.3) is 22.0 Å². The predicted molar refractivity (Wildman–Crippen MR) is 92.5 cm³/mol. The molecule has 2 heterocycles. The Labute approximate surface area is 139 Å². The molecule has 24 heavy (non-hydrogen) atoms. The second-order valence-electron chi connectivity index (χ2n) is 6.23. The molecule has 0 saturated heterocycles. The Balaban J connectivity index is 1.97. The number of nitrogens with one attached hydrogen (secondary N) is 1. The number of nitrogens with zero attached hydrogens (tertiary/aromatic N) is 2. The third kappa shape index (κ3) is 2.24. The molecule has 3 aromatic rings. The Morgan fingerprint density at radius 2 is 2.04 bits per heavy atom. The van der Waals surface area contributed by atoms with E-state index in [-0.39, 0.29) is 11.4 Å². The highest BCUT2D eigenvalue weighted by atomic mass is 19.1. The zero-order chi connectivity index (χ0) is 16.8. The maximum atomic E-state index is 14.1. The molecule has 0 aliphatic carbocycles. The van der Waals surface area contributed by atoms with E-state index in [2.05, 4.69) is 10.3 Å². The van der Waals surface area contributed by atoms with Gasteiger partial charge < -0.3 is 5.32 Å². The molecule has 4 nitrogen and oxygen atoms in total. The molecule has 1 aliphatic heterocycles. The molecule has 0 bridgehead atoms. The first kappa shape index (κ1) is 15.0. The summed E-state index contributed by atoms with van der Waals surface area (Å²) in [6.07, 6.45) is 0.686. The normalized spacial score (nSPS) is 14.0. The minimum atomic E-state index is -0.149. The van der Waals surface area contributed by atoms with Crippen molar-refractivity contribution >= 4 is 10.9 Å². The lowest BCUT2D eigenvalue weighted by Gasteiger charge is -2.21. The summed E-state index contributed by atoms with van der Waals surface area (Å²) in [5.41, 5.74) is 4.29. The average Bonchev–Trinajstić information content (AvgIpc) is 2.60. The number of rotatable bonds is 1. The molecule has 1 aromatic heterocycles. The highest BCUT2D eigenvalue weighted by molar-refractivity contribution is 5.84. The molecule has 2 aromatic carbocycles. The van der Waals surface area contributed by atoms with E-state index >= 15 is 0 Å². The van der Waals surface area contributed by atoms with Crippen LogP contribution < -0.4 is 10.9 Å². The maximum absolute atomic E-state index is 14.1. The zero-order valence-corrected chi connectivity index (χ0v) is 13.7. The summed E-state index contributed by atoms with van der Waals surface area (Å²) in [5, 5.41) is 3.88. The van der Waals surface area contributed by atoms with Crippen LogP contribution in [-0.4, -0.2) is 16.1 Å². The molecule has 0 saturated carbocycles. The lowest BCUT2D eigenvalue weighted by molar-refractivity contribution is 0.570. The SMILES string of the molecule is Cc1nc2ccc(-c3ccc(F)c4c3CNCC4)cc2c(=O)n1C. The van der Waals surface area contributed by atoms with Crippen molar-refractivity contribution in [1.29, 1.82) is 0 Å². The Kier molecular flexibility index (Phi) is 3.46. The number of hydrogen-bond acceptors (Lipinski definition) is 3. The van der Waals surface area contributed by atoms with Gasteiger partial charge in [-0.2, -0.15) is 0 Å². The molecule has 0 atom stereocenters. The van der Waals surface area contributed by atoms with E-state index in [1.165, 1.54) is 6.07 Å². The first-order chi connectivity index (χ1) is 11.6. The van der Waals surface area contributed by atoms with Crippen LogP contribution in [-0.2, 0) is 20.0 Å². The molecule has 0 radical (unpaired) electrons. The summed E-state index contributed by atoms with van der Waals surface area (Å²) < 4.78 is 15.6. The smallest absolute Gasteiger partial charge is 0.261 e. The zero-order valence-electron chi connectivity index (χ0n) is 13.7. The average molecular weight is 323 g/mol. The molecule has 0 amide bonds. The van der Waals surface area contributed by atoms with Gasteiger partial charge in [0.15, 0.2) is 0 Å². The van der Waals surface area contributed by atoms with Crippen LogP contribution in [0.15, 0.2) is 35.1 Å². The fourth-order valence-electron chi connectivity index (χ4n) is 3.38. The van der Waals surface area contributed by atoms with Gasteiger partial charge in [-0.1, -0.05) is 12.1 Å². The summed E-state index contributed by atoms with van der Waals surface area (Å²) in [7, 11) is 1.72. The lowest BCUT2D eigenvalue weighted by atomic mass is 9.91. The first-order valence-electron chi connectivity index (χ1n) is 8.05. The van der Waals surface area contributed by atoms with Gasteiger partial charge in [0.2, 0.25) is 0 Å². The van der Waals surface area contributed by atoms with Gasteiger partial charge >= 0.3 is 0 Å². The van der Waals surface area contributed by atoms with Crippen molar-refractivity contribution in [2.75, 3.05) is 6.54 Å². The van der Waals surface area contributed by atoms with Gasteiger partial charge in [0.05, 0.1) is 10.9 Å². The predicted octanol–water partition coefficient (Wildman–Crippen LogP) is 2.69. The Hall–Kier alpha value is -2.53. The summed E-state index contributed by atoms with van der Waals surface area (Å²) >= 11 is 0. The van der Waals surface area contributed by atoms with Gasteiger partial charge in [0.25, 0.3) is 5.56 Å². The standard InChI is InChI=1S/C19H18FN3O/c1-11-22-18-6-3-12(9-15(18)19(24)23(11)2)13-4-5-17(20)14-7-8-21-10-16(13)14/h3-6,9,21H,7-8,10H2,1-2H3. The van der Waals surface area contributed by atoms with Crippen molar-refractivity contribution in [3.05, 3.63) is 63.5 Å². The molecule has 0 unspecified atom stereocenters. The number of hydrogen-bond donors (Lipinski definition) is 1. The van der Waals surface area contributed by atoms with E-state index in [1.807, 2.05) is 25.1 Å². The van der Waals surface area contributed by atoms with Gasteiger partial charge in [0.1, 0.15) is 11.6 Å². The van der Waals surface area contributed by atoms with Gasteiger partial charge in [-0.05, 0) is 60.3 Å². The van der Waals surface area contributed by atoms with Crippen LogP contribution in [0.3, 0.4) is 0 Å². The van der Waals surface area contributed by atoms with E-state index in [4.69, 9.17) is 0 Å². The summed E-state index contributed by atoms with van der Waals surface area (Å²) in [6, 6.07) is 9.01. The van der Waals surface area contributed by atoms with Crippen molar-refractivity contribution in [2.24, 2.45) is 7.05 Å². The van der Waals surface area contributed by atoms with E-state index in [1.54, 1.807) is 17.7 Å². The monoisotopic (exact) mass is 323 g/mol. The largest absolute Gasteiger partial charge is 0.312 e. The third-order valence-electron chi connectivity index (χ3n) is 4.84. The van der Waals surface area contributed by atoms with E-state index < -0.39 is 0 Å². The molecule has 5 heteroatoms. The van der Waals surface area contributed by atoms with Gasteiger partial charge in [-0.3, -0.25) is 9.36 Å². The fraction of sp³-hybridized carbons (Fsp3) is 0.263. The molecule has 0 fully saturated rings. The van der Waals surface area contributed by atoms with Crippen molar-refractivity contribution in [1.82, 2.24) is 14.9 Å². The highest BCUT2D eigenvalue weighted by Gasteiger charge is 2.18. The highest BCUT2D eigenvalue weighted by Crippen LogP contribution is 2.31. The molecular formula is C19H18FN3O. The van der Waals surface area contributed by atoms with Crippen LogP contribution in [0.2, 0.25) is 0 Å².